The van der Waals surface area contributed by atoms with Crippen LogP contribution >= 0.6 is 0 Å². The molecule has 2 aromatic rings. The third kappa shape index (κ3) is 3.62. The van der Waals surface area contributed by atoms with E-state index in [1.807, 2.05) is 0 Å². The van der Waals surface area contributed by atoms with Crippen molar-refractivity contribution in [3.05, 3.63) is 29.8 Å². The van der Waals surface area contributed by atoms with E-state index in [0.29, 0.717) is 5.92 Å². The Morgan fingerprint density at radius 2 is 2.05 bits per heavy atom. The van der Waals surface area contributed by atoms with Crippen LogP contribution in [-0.4, -0.2) is 16.1 Å². The topological polar surface area (TPSA) is 43.8 Å². The van der Waals surface area contributed by atoms with Crippen LogP contribution in [0.15, 0.2) is 18.2 Å². The highest BCUT2D eigenvalue weighted by Crippen LogP contribution is 2.24. The summed E-state index contributed by atoms with van der Waals surface area (Å²) < 4.78 is 15.7. The van der Waals surface area contributed by atoms with Crippen LogP contribution in [0.25, 0.3) is 11.0 Å². The average Bonchev–Trinajstić information content (AvgIpc) is 2.80. The van der Waals surface area contributed by atoms with Gasteiger partial charge in [-0.1, -0.05) is 13.3 Å². The van der Waals surface area contributed by atoms with Gasteiger partial charge in [-0.2, -0.15) is 0 Å². The molecule has 0 aliphatic heterocycles. The largest absolute Gasteiger partial charge is 0.330 e. The number of aromatic nitrogens is 2. The first-order chi connectivity index (χ1) is 10.1. The van der Waals surface area contributed by atoms with Gasteiger partial charge in [0.15, 0.2) is 0 Å². The van der Waals surface area contributed by atoms with Gasteiger partial charge < -0.3 is 10.3 Å². The summed E-state index contributed by atoms with van der Waals surface area (Å²) in [5.74, 6) is 1.50. The van der Waals surface area contributed by atoms with Crippen LogP contribution in [0.5, 0.6) is 0 Å². The number of halogens is 1. The molecule has 4 heteroatoms. The first kappa shape index (κ1) is 16.0. The maximum atomic E-state index is 13.5. The number of fused-ring (bicyclic) bond motifs is 1. The van der Waals surface area contributed by atoms with Gasteiger partial charge in [-0.25, -0.2) is 9.37 Å². The van der Waals surface area contributed by atoms with E-state index >= 15 is 0 Å². The monoisotopic (exact) mass is 291 g/mol. The van der Waals surface area contributed by atoms with Gasteiger partial charge in [0.2, 0.25) is 0 Å². The Hall–Kier alpha value is -1.42. The van der Waals surface area contributed by atoms with Gasteiger partial charge in [0.1, 0.15) is 11.6 Å². The van der Waals surface area contributed by atoms with Gasteiger partial charge in [-0.05, 0) is 57.4 Å². The van der Waals surface area contributed by atoms with Crippen molar-refractivity contribution in [3.63, 3.8) is 0 Å². The molecule has 0 fully saturated rings. The first-order valence-electron chi connectivity index (χ1n) is 7.93. The lowest BCUT2D eigenvalue weighted by Crippen LogP contribution is -2.12. The molecule has 1 aromatic heterocycles. The minimum absolute atomic E-state index is 0.203. The van der Waals surface area contributed by atoms with Crippen LogP contribution in [0, 0.1) is 11.7 Å². The van der Waals surface area contributed by atoms with Crippen molar-refractivity contribution in [2.24, 2.45) is 11.7 Å². The van der Waals surface area contributed by atoms with Crippen molar-refractivity contribution >= 4 is 11.0 Å². The van der Waals surface area contributed by atoms with Crippen molar-refractivity contribution in [1.29, 1.82) is 0 Å². The zero-order valence-corrected chi connectivity index (χ0v) is 13.3. The molecule has 0 radical (unpaired) electrons. The molecule has 0 aliphatic carbocycles. The highest BCUT2D eigenvalue weighted by molar-refractivity contribution is 5.76. The van der Waals surface area contributed by atoms with Crippen LogP contribution < -0.4 is 5.73 Å². The van der Waals surface area contributed by atoms with Crippen LogP contribution in [0.4, 0.5) is 4.39 Å². The summed E-state index contributed by atoms with van der Waals surface area (Å²) in [6.07, 6.45) is 4.22. The summed E-state index contributed by atoms with van der Waals surface area (Å²) in [6.45, 7) is 7.19. The Morgan fingerprint density at radius 3 is 2.67 bits per heavy atom. The second kappa shape index (κ2) is 7.03. The third-order valence-corrected chi connectivity index (χ3v) is 4.17. The maximum Gasteiger partial charge on any atom is 0.125 e. The summed E-state index contributed by atoms with van der Waals surface area (Å²) in [7, 11) is 0. The van der Waals surface area contributed by atoms with E-state index in [9.17, 15) is 4.39 Å². The Balaban J connectivity index is 2.28. The SMILES string of the molecule is CCC(CCN)CCc1nc2ccc(F)cc2n1C(C)C. The molecule has 21 heavy (non-hydrogen) atoms. The van der Waals surface area contributed by atoms with Crippen molar-refractivity contribution in [2.45, 2.75) is 52.5 Å². The van der Waals surface area contributed by atoms with Gasteiger partial charge in [-0.3, -0.25) is 0 Å². The Labute approximate surface area is 126 Å². The van der Waals surface area contributed by atoms with Crippen LogP contribution in [0.1, 0.15) is 51.9 Å². The average molecular weight is 291 g/mol. The van der Waals surface area contributed by atoms with Crippen molar-refractivity contribution < 1.29 is 4.39 Å². The first-order valence-corrected chi connectivity index (χ1v) is 7.93. The number of nitrogens with two attached hydrogens (primary N) is 1. The predicted octanol–water partition coefficient (Wildman–Crippen LogP) is 4.06. The Morgan fingerprint density at radius 1 is 1.29 bits per heavy atom. The third-order valence-electron chi connectivity index (χ3n) is 4.17. The zero-order valence-electron chi connectivity index (χ0n) is 13.3. The lowest BCUT2D eigenvalue weighted by molar-refractivity contribution is 0.432. The highest BCUT2D eigenvalue weighted by Gasteiger charge is 2.15. The summed E-state index contributed by atoms with van der Waals surface area (Å²) >= 11 is 0. The standard InChI is InChI=1S/C17H26FN3/c1-4-13(9-10-19)5-8-17-20-15-7-6-14(18)11-16(15)21(17)12(2)3/h6-7,11-13H,4-5,8-10,19H2,1-3H3. The zero-order chi connectivity index (χ0) is 15.4. The summed E-state index contributed by atoms with van der Waals surface area (Å²) in [6, 6.07) is 5.11. The molecule has 1 aromatic carbocycles. The lowest BCUT2D eigenvalue weighted by atomic mass is 9.96. The van der Waals surface area contributed by atoms with Gasteiger partial charge >= 0.3 is 0 Å². The van der Waals surface area contributed by atoms with Crippen LogP contribution in [0.3, 0.4) is 0 Å². The lowest BCUT2D eigenvalue weighted by Gasteiger charge is -2.16. The second-order valence-corrected chi connectivity index (χ2v) is 6.02. The number of hydrogen-bond acceptors (Lipinski definition) is 2. The molecule has 1 atom stereocenters. The number of rotatable bonds is 7. The van der Waals surface area contributed by atoms with Crippen LogP contribution in [0.2, 0.25) is 0 Å². The molecule has 0 aliphatic rings. The van der Waals surface area contributed by atoms with Crippen molar-refractivity contribution in [3.8, 4) is 0 Å². The van der Waals surface area contributed by atoms with Crippen LogP contribution in [-0.2, 0) is 6.42 Å². The second-order valence-electron chi connectivity index (χ2n) is 6.02. The predicted molar refractivity (Wildman–Crippen MR) is 85.8 cm³/mol. The minimum atomic E-state index is -0.203. The van der Waals surface area contributed by atoms with E-state index in [2.05, 4.69) is 25.3 Å². The van der Waals surface area contributed by atoms with E-state index in [1.54, 1.807) is 12.1 Å². The molecule has 2 rings (SSSR count). The quantitative estimate of drug-likeness (QED) is 0.836. The Bertz CT molecular complexity index is 589. The van der Waals surface area contributed by atoms with Gasteiger partial charge in [0.05, 0.1) is 11.0 Å². The van der Waals surface area contributed by atoms with Gasteiger partial charge in [0.25, 0.3) is 0 Å². The van der Waals surface area contributed by atoms with E-state index in [4.69, 9.17) is 10.7 Å². The fourth-order valence-corrected chi connectivity index (χ4v) is 2.99. The van der Waals surface area contributed by atoms with E-state index in [0.717, 1.165) is 49.1 Å². The van der Waals surface area contributed by atoms with Crippen molar-refractivity contribution in [1.82, 2.24) is 9.55 Å². The molecule has 0 saturated carbocycles. The smallest absolute Gasteiger partial charge is 0.125 e. The number of benzene rings is 1. The highest BCUT2D eigenvalue weighted by atomic mass is 19.1. The number of nitrogens with zero attached hydrogens (tertiary/aromatic N) is 2. The normalized spacial score (nSPS) is 13.2. The molecule has 3 nitrogen and oxygen atoms in total. The number of aryl methyl sites for hydroxylation is 1. The molecule has 0 amide bonds. The van der Waals surface area contributed by atoms with Gasteiger partial charge in [0, 0.05) is 12.5 Å². The molecule has 0 saturated heterocycles. The van der Waals surface area contributed by atoms with Crippen molar-refractivity contribution in [2.75, 3.05) is 6.54 Å². The molecular weight excluding hydrogens is 265 g/mol. The molecule has 1 heterocycles. The maximum absolute atomic E-state index is 13.5. The molecule has 0 bridgehead atoms. The van der Waals surface area contributed by atoms with E-state index in [1.165, 1.54) is 6.07 Å². The molecule has 0 spiro atoms. The molecule has 1 unspecified atom stereocenters. The fraction of sp³-hybridized carbons (Fsp3) is 0.588. The van der Waals surface area contributed by atoms with E-state index < -0.39 is 0 Å². The summed E-state index contributed by atoms with van der Waals surface area (Å²) in [4.78, 5) is 4.71. The van der Waals surface area contributed by atoms with Gasteiger partial charge in [-0.15, -0.1) is 0 Å². The number of hydrogen-bond donors (Lipinski definition) is 1. The molecular formula is C17H26FN3. The summed E-state index contributed by atoms with van der Waals surface area (Å²) in [5, 5.41) is 0. The molecule has 116 valence electrons. The molecule has 2 N–H and O–H groups in total. The van der Waals surface area contributed by atoms with E-state index in [-0.39, 0.29) is 11.9 Å². The number of imidazole rings is 1. The minimum Gasteiger partial charge on any atom is -0.330 e. The fourth-order valence-electron chi connectivity index (χ4n) is 2.99. The summed E-state index contributed by atoms with van der Waals surface area (Å²) in [5.41, 5.74) is 7.44. The Kier molecular flexibility index (Phi) is 5.34.